The Labute approximate surface area is 146 Å². The van der Waals surface area contributed by atoms with Gasteiger partial charge in [-0.15, -0.1) is 0 Å². The molecule has 3 rings (SSSR count). The lowest BCUT2D eigenvalue weighted by Crippen LogP contribution is -2.45. The summed E-state index contributed by atoms with van der Waals surface area (Å²) in [6.45, 7) is 5.82. The molecule has 3 aliphatic heterocycles. The molecule has 0 saturated carbocycles. The highest BCUT2D eigenvalue weighted by molar-refractivity contribution is 5.89. The zero-order valence-corrected chi connectivity index (χ0v) is 14.8. The molecule has 2 fully saturated rings. The van der Waals surface area contributed by atoms with E-state index in [9.17, 15) is 19.8 Å². The average molecular weight is 351 g/mol. The molecular formula is C18H25NO6. The summed E-state index contributed by atoms with van der Waals surface area (Å²) < 4.78 is 11.0. The van der Waals surface area contributed by atoms with Crippen molar-refractivity contribution < 1.29 is 29.3 Å². The fourth-order valence-corrected chi connectivity index (χ4v) is 3.70. The number of carbonyl (C=O) groups is 2. The minimum atomic E-state index is -1.71. The summed E-state index contributed by atoms with van der Waals surface area (Å²) in [7, 11) is 0. The predicted octanol–water partition coefficient (Wildman–Crippen LogP) is 0.164. The maximum absolute atomic E-state index is 12.6. The van der Waals surface area contributed by atoms with Crippen LogP contribution in [0.1, 0.15) is 27.2 Å². The summed E-state index contributed by atoms with van der Waals surface area (Å²) in [4.78, 5) is 26.9. The van der Waals surface area contributed by atoms with Crippen LogP contribution in [0.3, 0.4) is 0 Å². The van der Waals surface area contributed by atoms with E-state index in [1.807, 2.05) is 11.0 Å². The highest BCUT2D eigenvalue weighted by Crippen LogP contribution is 2.34. The smallest absolute Gasteiger partial charge is 0.338 e. The number of rotatable bonds is 0. The molecule has 0 aromatic heterocycles. The highest BCUT2D eigenvalue weighted by Gasteiger charge is 2.49. The molecule has 25 heavy (non-hydrogen) atoms. The molecular weight excluding hydrogens is 326 g/mol. The molecule has 2 N–H and O–H groups in total. The van der Waals surface area contributed by atoms with Crippen molar-refractivity contribution in [1.82, 2.24) is 4.90 Å². The molecule has 0 aromatic rings. The number of esters is 2. The van der Waals surface area contributed by atoms with E-state index in [0.717, 1.165) is 5.57 Å². The van der Waals surface area contributed by atoms with Crippen LogP contribution in [0.25, 0.3) is 0 Å². The summed E-state index contributed by atoms with van der Waals surface area (Å²) in [5.41, 5.74) is -0.551. The molecule has 0 bridgehead atoms. The van der Waals surface area contributed by atoms with Crippen LogP contribution in [0.15, 0.2) is 23.3 Å². The van der Waals surface area contributed by atoms with E-state index in [1.54, 1.807) is 19.9 Å². The minimum Gasteiger partial charge on any atom is -0.459 e. The van der Waals surface area contributed by atoms with Crippen LogP contribution in [0.4, 0.5) is 0 Å². The number of aliphatic hydroxyl groups excluding tert-OH is 1. The van der Waals surface area contributed by atoms with E-state index in [2.05, 4.69) is 0 Å². The van der Waals surface area contributed by atoms with Gasteiger partial charge in [-0.05, 0) is 31.8 Å². The third kappa shape index (κ3) is 3.12. The second kappa shape index (κ2) is 6.55. The number of nitrogens with zero attached hydrogens (tertiary/aromatic N) is 1. The second-order valence-corrected chi connectivity index (χ2v) is 7.26. The largest absolute Gasteiger partial charge is 0.459 e. The third-order valence-corrected chi connectivity index (χ3v) is 5.60. The molecule has 138 valence electrons. The van der Waals surface area contributed by atoms with Gasteiger partial charge in [0.1, 0.15) is 18.8 Å². The van der Waals surface area contributed by atoms with Crippen molar-refractivity contribution in [2.75, 3.05) is 19.7 Å². The zero-order chi connectivity index (χ0) is 18.4. The van der Waals surface area contributed by atoms with Crippen LogP contribution in [-0.4, -0.2) is 70.6 Å². The molecule has 3 aliphatic rings. The van der Waals surface area contributed by atoms with E-state index in [4.69, 9.17) is 9.47 Å². The standard InChI is InChI=1S/C18H25NO6/c1-4-11-7-10(2)18(3,23)17(22)24-9-12-5-6-19-8-13(20)15(14(12)19)25-16(11)21/h4-5,10,13-15,20,23H,6-9H2,1-3H3/b11-4-/t10-,13?,14?,15-,18-/m1/s1. The van der Waals surface area contributed by atoms with Crippen molar-refractivity contribution in [3.8, 4) is 0 Å². The monoisotopic (exact) mass is 351 g/mol. The van der Waals surface area contributed by atoms with E-state index in [1.165, 1.54) is 6.92 Å². The minimum absolute atomic E-state index is 0.0140. The quantitative estimate of drug-likeness (QED) is 0.365. The predicted molar refractivity (Wildman–Crippen MR) is 88.5 cm³/mol. The van der Waals surface area contributed by atoms with Crippen LogP contribution >= 0.6 is 0 Å². The Bertz CT molecular complexity index is 637. The summed E-state index contributed by atoms with van der Waals surface area (Å²) in [5.74, 6) is -1.76. The first-order valence-electron chi connectivity index (χ1n) is 8.62. The van der Waals surface area contributed by atoms with Gasteiger partial charge in [-0.25, -0.2) is 9.59 Å². The van der Waals surface area contributed by atoms with Crippen molar-refractivity contribution in [3.63, 3.8) is 0 Å². The normalized spacial score (nSPS) is 41.5. The van der Waals surface area contributed by atoms with E-state index in [-0.39, 0.29) is 19.1 Å². The van der Waals surface area contributed by atoms with Gasteiger partial charge in [-0.2, -0.15) is 0 Å². The Morgan fingerprint density at radius 3 is 2.80 bits per heavy atom. The van der Waals surface area contributed by atoms with Gasteiger partial charge < -0.3 is 19.7 Å². The molecule has 7 nitrogen and oxygen atoms in total. The lowest BCUT2D eigenvalue weighted by Gasteiger charge is -2.31. The SMILES string of the molecule is C/C=C1/C[C@@H](C)[C@@](C)(O)C(=O)OCC2=CCN3CC(O)[C@@H](OC1=O)C23. The average Bonchev–Trinajstić information content (AvgIpc) is 3.08. The van der Waals surface area contributed by atoms with Crippen molar-refractivity contribution in [3.05, 3.63) is 23.3 Å². The molecule has 0 spiro atoms. The maximum Gasteiger partial charge on any atom is 0.338 e. The van der Waals surface area contributed by atoms with Gasteiger partial charge in [0, 0.05) is 18.7 Å². The van der Waals surface area contributed by atoms with Crippen molar-refractivity contribution in [2.24, 2.45) is 5.92 Å². The topological polar surface area (TPSA) is 96.3 Å². The Morgan fingerprint density at radius 1 is 1.40 bits per heavy atom. The van der Waals surface area contributed by atoms with Gasteiger partial charge in [0.25, 0.3) is 0 Å². The summed E-state index contributed by atoms with van der Waals surface area (Å²) in [6, 6.07) is -0.299. The number of ether oxygens (including phenoxy) is 2. The van der Waals surface area contributed by atoms with Crippen molar-refractivity contribution >= 4 is 11.9 Å². The van der Waals surface area contributed by atoms with E-state index < -0.39 is 35.7 Å². The highest BCUT2D eigenvalue weighted by atomic mass is 16.6. The number of cyclic esters (lactones) is 1. The third-order valence-electron chi connectivity index (χ3n) is 5.60. The summed E-state index contributed by atoms with van der Waals surface area (Å²) >= 11 is 0. The molecule has 2 saturated heterocycles. The number of carbonyl (C=O) groups excluding carboxylic acids is 2. The second-order valence-electron chi connectivity index (χ2n) is 7.26. The summed E-state index contributed by atoms with van der Waals surface area (Å²) in [6.07, 6.45) is 2.25. The zero-order valence-electron chi connectivity index (χ0n) is 14.8. The Morgan fingerprint density at radius 2 is 2.12 bits per heavy atom. The van der Waals surface area contributed by atoms with Gasteiger partial charge in [-0.1, -0.05) is 19.1 Å². The van der Waals surface area contributed by atoms with Gasteiger partial charge in [0.2, 0.25) is 0 Å². The fourth-order valence-electron chi connectivity index (χ4n) is 3.70. The first-order valence-corrected chi connectivity index (χ1v) is 8.62. The first kappa shape index (κ1) is 18.1. The lowest BCUT2D eigenvalue weighted by atomic mass is 9.85. The van der Waals surface area contributed by atoms with Gasteiger partial charge >= 0.3 is 11.9 Å². The molecule has 3 heterocycles. The number of allylic oxidation sites excluding steroid dienone is 1. The molecule has 5 atom stereocenters. The number of hydrogen-bond donors (Lipinski definition) is 2. The molecule has 0 amide bonds. The van der Waals surface area contributed by atoms with Crippen molar-refractivity contribution in [2.45, 2.75) is 51.0 Å². The van der Waals surface area contributed by atoms with Gasteiger partial charge in [0.15, 0.2) is 5.60 Å². The first-order chi connectivity index (χ1) is 11.8. The van der Waals surface area contributed by atoms with Crippen LogP contribution in [0.2, 0.25) is 0 Å². The van der Waals surface area contributed by atoms with Crippen LogP contribution in [0, 0.1) is 5.92 Å². The Kier molecular flexibility index (Phi) is 4.74. The molecule has 0 radical (unpaired) electrons. The van der Waals surface area contributed by atoms with Crippen LogP contribution < -0.4 is 0 Å². The van der Waals surface area contributed by atoms with Crippen LogP contribution in [0.5, 0.6) is 0 Å². The molecule has 7 heteroatoms. The molecule has 2 unspecified atom stereocenters. The summed E-state index contributed by atoms with van der Waals surface area (Å²) in [5, 5.41) is 20.9. The number of hydrogen-bond acceptors (Lipinski definition) is 7. The lowest BCUT2D eigenvalue weighted by molar-refractivity contribution is -0.169. The molecule has 0 aromatic carbocycles. The van der Waals surface area contributed by atoms with Crippen LogP contribution in [-0.2, 0) is 19.1 Å². The van der Waals surface area contributed by atoms with E-state index >= 15 is 0 Å². The van der Waals surface area contributed by atoms with E-state index in [0.29, 0.717) is 18.7 Å². The Hall–Kier alpha value is -1.70. The molecule has 0 aliphatic carbocycles. The number of aliphatic hydroxyl groups is 2. The fraction of sp³-hybridized carbons (Fsp3) is 0.667. The maximum atomic E-state index is 12.6. The van der Waals surface area contributed by atoms with Crippen molar-refractivity contribution in [1.29, 1.82) is 0 Å². The van der Waals surface area contributed by atoms with Gasteiger partial charge in [0.05, 0.1) is 6.04 Å². The Balaban J connectivity index is 1.94. The van der Waals surface area contributed by atoms with Gasteiger partial charge in [-0.3, -0.25) is 4.90 Å².